The van der Waals surface area contributed by atoms with Gasteiger partial charge in [-0.1, -0.05) is 47.5 Å². The molecule has 8 rings (SSSR count). The zero-order chi connectivity index (χ0) is 34.7. The van der Waals surface area contributed by atoms with Crippen molar-refractivity contribution in [1.82, 2.24) is 19.8 Å². The standard InChI is InChI=1S/C39H36Cl2N4O5/c1-21-27(5-3-7-29(21)37-42-33-15-23(13-31(40)35(33)49-37)17-44-11-9-25(19-44)39(47)48)28-6-4-8-30(22(28)2)38-43-34-16-24(14-32(41)36(34)50-38)18-45-12-10-26(46)20-45/h3-8,13-16,25-26,46H,9-12,17-20H2,1-2H3,(H,47,48)/t25-,26-/m0/s1. The number of carbonyl (C=O) groups is 1. The highest BCUT2D eigenvalue weighted by Gasteiger charge is 2.28. The molecule has 4 heterocycles. The number of fused-ring (bicyclic) bond motifs is 2. The van der Waals surface area contributed by atoms with Crippen molar-refractivity contribution in [3.63, 3.8) is 0 Å². The number of aliphatic hydroxyl groups excluding tert-OH is 1. The van der Waals surface area contributed by atoms with E-state index in [2.05, 4.69) is 35.8 Å². The maximum absolute atomic E-state index is 11.4. The fourth-order valence-corrected chi connectivity index (χ4v) is 8.03. The number of β-amino-alcohol motifs (C(OH)–C–C–N with tert-alkyl or cyclic N) is 1. The lowest BCUT2D eigenvalue weighted by Gasteiger charge is -2.15. The Morgan fingerprint density at radius 3 is 1.70 bits per heavy atom. The topological polar surface area (TPSA) is 116 Å². The van der Waals surface area contributed by atoms with Gasteiger partial charge in [0.15, 0.2) is 11.2 Å². The molecule has 0 aliphatic carbocycles. The molecule has 9 nitrogen and oxygen atoms in total. The summed E-state index contributed by atoms with van der Waals surface area (Å²) in [6, 6.07) is 20.0. The summed E-state index contributed by atoms with van der Waals surface area (Å²) in [5, 5.41) is 20.3. The van der Waals surface area contributed by atoms with E-state index in [4.69, 9.17) is 42.0 Å². The second-order valence-corrected chi connectivity index (χ2v) is 14.4. The number of aliphatic hydroxyl groups is 1. The molecule has 2 atom stereocenters. The molecule has 2 fully saturated rings. The zero-order valence-electron chi connectivity index (χ0n) is 27.7. The fourth-order valence-electron chi connectivity index (χ4n) is 7.47. The number of halogens is 2. The predicted octanol–water partition coefficient (Wildman–Crippen LogP) is 8.37. The molecule has 0 bridgehead atoms. The third-order valence-electron chi connectivity index (χ3n) is 10.1. The quantitative estimate of drug-likeness (QED) is 0.161. The molecule has 11 heteroatoms. The Bertz CT molecular complexity index is 2280. The first-order valence-electron chi connectivity index (χ1n) is 16.8. The van der Waals surface area contributed by atoms with Crippen LogP contribution in [0.1, 0.15) is 35.1 Å². The number of likely N-dealkylation sites (tertiary alicyclic amines) is 2. The van der Waals surface area contributed by atoms with E-state index in [9.17, 15) is 15.0 Å². The van der Waals surface area contributed by atoms with Gasteiger partial charge < -0.3 is 19.0 Å². The van der Waals surface area contributed by atoms with Gasteiger partial charge in [-0.25, -0.2) is 9.97 Å². The van der Waals surface area contributed by atoms with Gasteiger partial charge in [0.2, 0.25) is 11.8 Å². The van der Waals surface area contributed by atoms with E-state index in [0.717, 1.165) is 64.0 Å². The number of benzene rings is 4. The molecule has 0 spiro atoms. The fraction of sp³-hybridized carbons (Fsp3) is 0.308. The van der Waals surface area contributed by atoms with Crippen molar-refractivity contribution in [2.75, 3.05) is 26.2 Å². The lowest BCUT2D eigenvalue weighted by Crippen LogP contribution is -2.22. The van der Waals surface area contributed by atoms with Gasteiger partial charge in [-0.3, -0.25) is 14.6 Å². The van der Waals surface area contributed by atoms with Crippen LogP contribution < -0.4 is 0 Å². The molecule has 2 aliphatic heterocycles. The van der Waals surface area contributed by atoms with Crippen molar-refractivity contribution in [2.45, 2.75) is 45.9 Å². The minimum absolute atomic E-state index is 0.281. The number of carboxylic acids is 1. The summed E-state index contributed by atoms with van der Waals surface area (Å²) in [4.78, 5) is 25.5. The van der Waals surface area contributed by atoms with Crippen LogP contribution in [-0.2, 0) is 17.9 Å². The van der Waals surface area contributed by atoms with Crippen molar-refractivity contribution >= 4 is 51.4 Å². The lowest BCUT2D eigenvalue weighted by molar-refractivity contribution is -0.141. The average molecular weight is 712 g/mol. The highest BCUT2D eigenvalue weighted by Crippen LogP contribution is 2.39. The van der Waals surface area contributed by atoms with Gasteiger partial charge in [0.25, 0.3) is 0 Å². The minimum atomic E-state index is -0.747. The summed E-state index contributed by atoms with van der Waals surface area (Å²) >= 11 is 13.4. The first kappa shape index (κ1) is 32.9. The Labute approximate surface area is 299 Å². The van der Waals surface area contributed by atoms with Crippen LogP contribution >= 0.6 is 23.2 Å². The second kappa shape index (κ2) is 13.1. The number of hydrogen-bond donors (Lipinski definition) is 2. The summed E-state index contributed by atoms with van der Waals surface area (Å²) in [6.07, 6.45) is 1.15. The molecule has 0 amide bonds. The molecule has 2 saturated heterocycles. The Morgan fingerprint density at radius 2 is 1.24 bits per heavy atom. The van der Waals surface area contributed by atoms with E-state index >= 15 is 0 Å². The molecule has 50 heavy (non-hydrogen) atoms. The predicted molar refractivity (Wildman–Crippen MR) is 194 cm³/mol. The molecule has 2 aromatic heterocycles. The molecule has 256 valence electrons. The molecule has 2 aliphatic rings. The van der Waals surface area contributed by atoms with Gasteiger partial charge in [-0.05, 0) is 103 Å². The van der Waals surface area contributed by atoms with Crippen LogP contribution in [0, 0.1) is 19.8 Å². The van der Waals surface area contributed by atoms with Crippen LogP contribution in [0.2, 0.25) is 10.0 Å². The second-order valence-electron chi connectivity index (χ2n) is 13.6. The SMILES string of the molecule is Cc1c(-c2nc3cc(CN4CC[C@H](O)C4)cc(Cl)c3o2)cccc1-c1cccc(-c2nc3cc(CN4CC[C@H](C(=O)O)C4)cc(Cl)c3o2)c1C. The van der Waals surface area contributed by atoms with E-state index in [1.165, 1.54) is 0 Å². The Balaban J connectivity index is 1.09. The van der Waals surface area contributed by atoms with Crippen LogP contribution in [0.5, 0.6) is 0 Å². The monoisotopic (exact) mass is 710 g/mol. The molecule has 4 aromatic carbocycles. The van der Waals surface area contributed by atoms with E-state index in [-0.39, 0.29) is 12.0 Å². The first-order valence-corrected chi connectivity index (χ1v) is 17.6. The zero-order valence-corrected chi connectivity index (χ0v) is 29.3. The van der Waals surface area contributed by atoms with Crippen molar-refractivity contribution in [1.29, 1.82) is 0 Å². The molecule has 6 aromatic rings. The van der Waals surface area contributed by atoms with Gasteiger partial charge in [0.05, 0.1) is 22.1 Å². The number of carboxylic acid groups (broad SMARTS) is 1. The van der Waals surface area contributed by atoms with E-state index in [0.29, 0.717) is 76.6 Å². The maximum Gasteiger partial charge on any atom is 0.307 e. The van der Waals surface area contributed by atoms with Crippen molar-refractivity contribution in [3.05, 3.63) is 93.0 Å². The van der Waals surface area contributed by atoms with E-state index in [1.807, 2.05) is 48.5 Å². The highest BCUT2D eigenvalue weighted by molar-refractivity contribution is 6.35. The van der Waals surface area contributed by atoms with Crippen molar-refractivity contribution in [2.24, 2.45) is 5.92 Å². The van der Waals surface area contributed by atoms with Gasteiger partial charge in [0, 0.05) is 43.9 Å². The van der Waals surface area contributed by atoms with Crippen LogP contribution in [0.15, 0.2) is 69.5 Å². The number of aliphatic carboxylic acids is 1. The van der Waals surface area contributed by atoms with Crippen LogP contribution in [0.25, 0.3) is 56.2 Å². The van der Waals surface area contributed by atoms with Crippen molar-refractivity contribution < 1.29 is 23.8 Å². The molecular weight excluding hydrogens is 675 g/mol. The number of hydrogen-bond acceptors (Lipinski definition) is 8. The largest absolute Gasteiger partial charge is 0.481 e. The van der Waals surface area contributed by atoms with E-state index in [1.54, 1.807) is 0 Å². The summed E-state index contributed by atoms with van der Waals surface area (Å²) in [7, 11) is 0. The van der Waals surface area contributed by atoms with Gasteiger partial charge in [0.1, 0.15) is 11.0 Å². The third kappa shape index (κ3) is 6.18. The average Bonchev–Trinajstić information content (AvgIpc) is 3.89. The normalized spacial score (nSPS) is 18.6. The highest BCUT2D eigenvalue weighted by atomic mass is 35.5. The smallest absolute Gasteiger partial charge is 0.307 e. The van der Waals surface area contributed by atoms with Gasteiger partial charge in [-0.2, -0.15) is 0 Å². The summed E-state index contributed by atoms with van der Waals surface area (Å²) < 4.78 is 12.5. The number of rotatable bonds is 8. The Hall–Kier alpha value is -4.25. The number of nitrogens with zero attached hydrogens (tertiary/aromatic N) is 4. The van der Waals surface area contributed by atoms with E-state index < -0.39 is 5.97 Å². The molecule has 0 unspecified atom stereocenters. The molecular formula is C39H36Cl2N4O5. The van der Waals surface area contributed by atoms with Crippen LogP contribution in [-0.4, -0.2) is 68.2 Å². The number of oxazole rings is 2. The summed E-state index contributed by atoms with van der Waals surface area (Å²) in [5.74, 6) is -0.105. The minimum Gasteiger partial charge on any atom is -0.481 e. The summed E-state index contributed by atoms with van der Waals surface area (Å²) in [6.45, 7) is 8.18. The first-order chi connectivity index (χ1) is 24.1. The summed E-state index contributed by atoms with van der Waals surface area (Å²) in [5.41, 5.74) is 10.3. The molecule has 0 radical (unpaired) electrons. The lowest BCUT2D eigenvalue weighted by atomic mass is 9.91. The molecule has 2 N–H and O–H groups in total. The van der Waals surface area contributed by atoms with Crippen LogP contribution in [0.3, 0.4) is 0 Å². The Morgan fingerprint density at radius 1 is 0.760 bits per heavy atom. The van der Waals surface area contributed by atoms with Crippen molar-refractivity contribution in [3.8, 4) is 34.0 Å². The Kier molecular flexibility index (Phi) is 8.65. The van der Waals surface area contributed by atoms with Gasteiger partial charge in [-0.15, -0.1) is 0 Å². The maximum atomic E-state index is 11.4. The molecule has 0 saturated carbocycles. The third-order valence-corrected chi connectivity index (χ3v) is 10.7. The van der Waals surface area contributed by atoms with Crippen LogP contribution in [0.4, 0.5) is 0 Å². The number of aromatic nitrogens is 2. The van der Waals surface area contributed by atoms with Gasteiger partial charge >= 0.3 is 5.97 Å².